The molecule has 2 aromatic heterocycles. The molecule has 1 fully saturated rings. The standard InChI is InChI=1S/C25H26N8O/c1-34-24-20(7-8-21(30-24)32-12-9-26-10-13-32)29-25-28-16-18-15-19(17-5-3-2-4-6-17)23-27-11-14-33(23)22(18)31-25/h2-8,15-16,26H,9-14H2,1H3,(H,28,29,31). The first kappa shape index (κ1) is 20.6. The number of pyridine rings is 1. The van der Waals surface area contributed by atoms with E-state index in [0.29, 0.717) is 11.8 Å². The maximum Gasteiger partial charge on any atom is 0.239 e. The number of anilines is 4. The summed E-state index contributed by atoms with van der Waals surface area (Å²) in [7, 11) is 1.63. The highest BCUT2D eigenvalue weighted by molar-refractivity contribution is 6.35. The maximum atomic E-state index is 5.58. The van der Waals surface area contributed by atoms with Gasteiger partial charge in [-0.05, 0) is 23.8 Å². The van der Waals surface area contributed by atoms with Crippen LogP contribution in [0, 0.1) is 0 Å². The summed E-state index contributed by atoms with van der Waals surface area (Å²) in [6.45, 7) is 5.30. The summed E-state index contributed by atoms with van der Waals surface area (Å²) in [5.74, 6) is 3.75. The van der Waals surface area contributed by atoms with Crippen LogP contribution >= 0.6 is 0 Å². The van der Waals surface area contributed by atoms with Crippen molar-refractivity contribution in [2.24, 2.45) is 4.99 Å². The number of fused-ring (bicyclic) bond motifs is 3. The van der Waals surface area contributed by atoms with Crippen LogP contribution in [0.5, 0.6) is 5.88 Å². The largest absolute Gasteiger partial charge is 0.479 e. The van der Waals surface area contributed by atoms with Crippen LogP contribution in [-0.2, 0) is 0 Å². The van der Waals surface area contributed by atoms with Gasteiger partial charge >= 0.3 is 0 Å². The minimum absolute atomic E-state index is 0.497. The van der Waals surface area contributed by atoms with Gasteiger partial charge in [0.25, 0.3) is 0 Å². The van der Waals surface area contributed by atoms with Crippen molar-refractivity contribution in [1.29, 1.82) is 0 Å². The second-order valence-electron chi connectivity index (χ2n) is 8.34. The number of methoxy groups -OCH3 is 1. The maximum absolute atomic E-state index is 5.58. The Kier molecular flexibility index (Phi) is 5.31. The molecule has 3 aliphatic rings. The zero-order valence-electron chi connectivity index (χ0n) is 19.0. The van der Waals surface area contributed by atoms with Crippen molar-refractivity contribution in [3.63, 3.8) is 0 Å². The molecule has 3 aromatic rings. The Morgan fingerprint density at radius 1 is 1.00 bits per heavy atom. The van der Waals surface area contributed by atoms with Crippen molar-refractivity contribution in [1.82, 2.24) is 20.3 Å². The lowest BCUT2D eigenvalue weighted by atomic mass is 9.99. The molecule has 172 valence electrons. The summed E-state index contributed by atoms with van der Waals surface area (Å²) in [6.07, 6.45) is 3.98. The molecule has 3 aliphatic heterocycles. The molecule has 0 atom stereocenters. The van der Waals surface area contributed by atoms with Gasteiger partial charge in [-0.2, -0.15) is 9.97 Å². The van der Waals surface area contributed by atoms with Gasteiger partial charge in [-0.15, -0.1) is 0 Å². The van der Waals surface area contributed by atoms with Crippen molar-refractivity contribution in [3.05, 3.63) is 59.8 Å². The van der Waals surface area contributed by atoms with E-state index in [2.05, 4.69) is 43.6 Å². The number of nitrogens with one attached hydrogen (secondary N) is 2. The lowest BCUT2D eigenvalue weighted by Crippen LogP contribution is -2.43. The highest BCUT2D eigenvalue weighted by atomic mass is 16.5. The van der Waals surface area contributed by atoms with E-state index in [1.54, 1.807) is 7.11 Å². The normalized spacial score (nSPS) is 17.0. The molecule has 2 N–H and O–H groups in total. The Labute approximate surface area is 198 Å². The average Bonchev–Trinajstić information content (AvgIpc) is 3.40. The Morgan fingerprint density at radius 3 is 2.68 bits per heavy atom. The van der Waals surface area contributed by atoms with Gasteiger partial charge in [0.15, 0.2) is 0 Å². The molecule has 0 radical (unpaired) electrons. The van der Waals surface area contributed by atoms with E-state index in [-0.39, 0.29) is 0 Å². The number of hydrogen-bond donors (Lipinski definition) is 2. The number of aliphatic imine (C=N–C) groups is 1. The molecule has 0 unspecified atom stereocenters. The summed E-state index contributed by atoms with van der Waals surface area (Å²) in [6, 6.07) is 14.3. The molecule has 0 spiro atoms. The van der Waals surface area contributed by atoms with Crippen molar-refractivity contribution in [2.45, 2.75) is 0 Å². The zero-order chi connectivity index (χ0) is 22.9. The lowest BCUT2D eigenvalue weighted by molar-refractivity contribution is 0.399. The van der Waals surface area contributed by atoms with Crippen molar-refractivity contribution in [2.75, 3.05) is 61.5 Å². The second-order valence-corrected chi connectivity index (χ2v) is 8.34. The van der Waals surface area contributed by atoms with Crippen LogP contribution in [-0.4, -0.2) is 67.2 Å². The molecule has 9 nitrogen and oxygen atoms in total. The zero-order valence-corrected chi connectivity index (χ0v) is 19.0. The highest BCUT2D eigenvalue weighted by Gasteiger charge is 2.30. The Hall–Kier alpha value is -3.98. The Balaban J connectivity index is 1.30. The number of ether oxygens (including phenoxy) is 1. The quantitative estimate of drug-likeness (QED) is 0.608. The number of nitrogens with zero attached hydrogens (tertiary/aromatic N) is 6. The van der Waals surface area contributed by atoms with Gasteiger partial charge in [0.1, 0.15) is 23.2 Å². The summed E-state index contributed by atoms with van der Waals surface area (Å²) in [4.78, 5) is 23.3. The van der Waals surface area contributed by atoms with Crippen molar-refractivity contribution in [3.8, 4) is 5.88 Å². The molecule has 1 aromatic carbocycles. The van der Waals surface area contributed by atoms with Gasteiger partial charge in [-0.25, -0.2) is 4.98 Å². The molecule has 9 heteroatoms. The molecular weight excluding hydrogens is 428 g/mol. The fourth-order valence-corrected chi connectivity index (χ4v) is 4.57. The third-order valence-corrected chi connectivity index (χ3v) is 6.24. The third kappa shape index (κ3) is 3.73. The van der Waals surface area contributed by atoms with Crippen molar-refractivity contribution >= 4 is 40.8 Å². The smallest absolute Gasteiger partial charge is 0.239 e. The molecule has 5 heterocycles. The fourth-order valence-electron chi connectivity index (χ4n) is 4.57. The summed E-state index contributed by atoms with van der Waals surface area (Å²) < 4.78 is 5.58. The molecular formula is C25H26N8O. The van der Waals surface area contributed by atoms with Gasteiger partial charge in [-0.3, -0.25) is 4.99 Å². The molecule has 0 bridgehead atoms. The average molecular weight is 455 g/mol. The number of amidine groups is 1. The van der Waals surface area contributed by atoms with E-state index in [0.717, 1.165) is 79.1 Å². The monoisotopic (exact) mass is 454 g/mol. The fraction of sp³-hybridized carbons (Fsp3) is 0.280. The van der Waals surface area contributed by atoms with Crippen LogP contribution in [0.3, 0.4) is 0 Å². The molecule has 0 amide bonds. The van der Waals surface area contributed by atoms with Gasteiger partial charge in [0.2, 0.25) is 11.8 Å². The van der Waals surface area contributed by atoms with Crippen LogP contribution in [0.4, 0.5) is 23.3 Å². The molecule has 1 saturated heterocycles. The third-order valence-electron chi connectivity index (χ3n) is 6.24. The predicted octanol–water partition coefficient (Wildman–Crippen LogP) is 2.81. The van der Waals surface area contributed by atoms with Gasteiger partial charge in [-0.1, -0.05) is 30.3 Å². The van der Waals surface area contributed by atoms with Crippen LogP contribution in [0.25, 0.3) is 11.6 Å². The Bertz CT molecular complexity index is 1270. The number of aromatic nitrogens is 3. The first-order chi connectivity index (χ1) is 16.8. The molecule has 34 heavy (non-hydrogen) atoms. The first-order valence-corrected chi connectivity index (χ1v) is 11.5. The van der Waals surface area contributed by atoms with Crippen LogP contribution in [0.2, 0.25) is 0 Å². The Morgan fingerprint density at radius 2 is 1.85 bits per heavy atom. The molecule has 6 rings (SSSR count). The number of hydrogen-bond acceptors (Lipinski definition) is 9. The molecule has 0 saturated carbocycles. The van der Waals surface area contributed by atoms with Crippen LogP contribution < -0.4 is 25.2 Å². The van der Waals surface area contributed by atoms with E-state index in [1.165, 1.54) is 0 Å². The van der Waals surface area contributed by atoms with E-state index in [9.17, 15) is 0 Å². The van der Waals surface area contributed by atoms with E-state index in [1.807, 2.05) is 36.5 Å². The summed E-state index contributed by atoms with van der Waals surface area (Å²) >= 11 is 0. The summed E-state index contributed by atoms with van der Waals surface area (Å²) in [5.41, 5.74) is 3.95. The van der Waals surface area contributed by atoms with Gasteiger partial charge in [0, 0.05) is 50.1 Å². The number of benzene rings is 1. The van der Waals surface area contributed by atoms with E-state index >= 15 is 0 Å². The number of rotatable bonds is 5. The minimum atomic E-state index is 0.497. The topological polar surface area (TPSA) is 90.8 Å². The summed E-state index contributed by atoms with van der Waals surface area (Å²) in [5, 5.41) is 6.66. The number of piperazine rings is 1. The van der Waals surface area contributed by atoms with Crippen molar-refractivity contribution < 1.29 is 4.74 Å². The van der Waals surface area contributed by atoms with E-state index in [4.69, 9.17) is 19.7 Å². The lowest BCUT2D eigenvalue weighted by Gasteiger charge is -2.29. The predicted molar refractivity (Wildman–Crippen MR) is 135 cm³/mol. The van der Waals surface area contributed by atoms with E-state index < -0.39 is 0 Å². The van der Waals surface area contributed by atoms with Crippen LogP contribution in [0.15, 0.2) is 53.7 Å². The van der Waals surface area contributed by atoms with Gasteiger partial charge < -0.3 is 25.2 Å². The van der Waals surface area contributed by atoms with Gasteiger partial charge in [0.05, 0.1) is 13.7 Å². The molecule has 0 aliphatic carbocycles. The second kappa shape index (κ2) is 8.75. The minimum Gasteiger partial charge on any atom is -0.479 e. The SMILES string of the molecule is COc1nc(N2CCNCC2)ccc1Nc1ncc2c(n1)N1CCN=C1C(c1ccccc1)=C2. The highest BCUT2D eigenvalue weighted by Crippen LogP contribution is 2.36. The first-order valence-electron chi connectivity index (χ1n) is 11.5. The van der Waals surface area contributed by atoms with Crippen LogP contribution in [0.1, 0.15) is 11.1 Å².